The third kappa shape index (κ3) is 9.58. The molecule has 5 nitrogen and oxygen atoms in total. The lowest BCUT2D eigenvalue weighted by molar-refractivity contribution is 0.108. The summed E-state index contributed by atoms with van der Waals surface area (Å²) in [5.41, 5.74) is 0. The number of likely N-dealkylation sites (tertiary alicyclic amines) is 1. The van der Waals surface area contributed by atoms with Crippen LogP contribution in [0.4, 0.5) is 0 Å². The number of nitrogens with one attached hydrogen (secondary N) is 2. The Labute approximate surface area is 169 Å². The Bertz CT molecular complexity index is 510. The second-order valence-corrected chi connectivity index (χ2v) is 8.80. The van der Waals surface area contributed by atoms with Crippen LogP contribution in [0.25, 0.3) is 0 Å². The van der Waals surface area contributed by atoms with Crippen LogP contribution in [0, 0.1) is 11.8 Å². The second-order valence-electron chi connectivity index (χ2n) is 7.77. The van der Waals surface area contributed by atoms with E-state index >= 15 is 0 Å². The second kappa shape index (κ2) is 13.1. The van der Waals surface area contributed by atoms with E-state index in [1.807, 2.05) is 11.3 Å². The summed E-state index contributed by atoms with van der Waals surface area (Å²) in [5, 5.41) is 8.96. The van der Waals surface area contributed by atoms with Crippen molar-refractivity contribution in [3.63, 3.8) is 0 Å². The van der Waals surface area contributed by atoms with E-state index in [9.17, 15) is 0 Å². The number of guanidine groups is 1. The van der Waals surface area contributed by atoms with Crippen molar-refractivity contribution in [2.75, 3.05) is 45.9 Å². The summed E-state index contributed by atoms with van der Waals surface area (Å²) in [6.45, 7) is 14.4. The SMILES string of the molecule is CCNC(=NCC1CCN(Cc2cccs2)CC1)NCCCOCC(C)C. The summed E-state index contributed by atoms with van der Waals surface area (Å²) in [5.74, 6) is 2.25. The Hall–Kier alpha value is -1.11. The molecule has 2 N–H and O–H groups in total. The van der Waals surface area contributed by atoms with Crippen molar-refractivity contribution in [2.45, 2.75) is 46.6 Å². The molecule has 0 atom stereocenters. The number of nitrogens with zero attached hydrogens (tertiary/aromatic N) is 2. The van der Waals surface area contributed by atoms with Gasteiger partial charge >= 0.3 is 0 Å². The Morgan fingerprint density at radius 1 is 1.33 bits per heavy atom. The van der Waals surface area contributed by atoms with Gasteiger partial charge in [-0.3, -0.25) is 9.89 Å². The minimum atomic E-state index is 0.605. The van der Waals surface area contributed by atoms with E-state index in [4.69, 9.17) is 9.73 Å². The van der Waals surface area contributed by atoms with Crippen molar-refractivity contribution in [3.05, 3.63) is 22.4 Å². The lowest BCUT2D eigenvalue weighted by Gasteiger charge is -2.31. The number of hydrogen-bond acceptors (Lipinski definition) is 4. The molecule has 0 bridgehead atoms. The first kappa shape index (κ1) is 22.2. The van der Waals surface area contributed by atoms with Crippen LogP contribution in [-0.2, 0) is 11.3 Å². The summed E-state index contributed by atoms with van der Waals surface area (Å²) in [7, 11) is 0. The lowest BCUT2D eigenvalue weighted by atomic mass is 9.97. The van der Waals surface area contributed by atoms with E-state index < -0.39 is 0 Å². The molecule has 0 unspecified atom stereocenters. The van der Waals surface area contributed by atoms with Gasteiger partial charge in [0.15, 0.2) is 5.96 Å². The molecule has 1 aliphatic rings. The Morgan fingerprint density at radius 3 is 2.81 bits per heavy atom. The van der Waals surface area contributed by atoms with Gasteiger partial charge in [0.1, 0.15) is 0 Å². The van der Waals surface area contributed by atoms with Gasteiger partial charge in [-0.2, -0.15) is 0 Å². The zero-order valence-electron chi connectivity index (χ0n) is 17.4. The third-order valence-corrected chi connectivity index (χ3v) is 5.59. The van der Waals surface area contributed by atoms with Crippen LogP contribution < -0.4 is 10.6 Å². The molecule has 1 fully saturated rings. The van der Waals surface area contributed by atoms with Crippen molar-refractivity contribution in [3.8, 4) is 0 Å². The maximum absolute atomic E-state index is 5.64. The maximum atomic E-state index is 5.64. The van der Waals surface area contributed by atoms with Crippen molar-refractivity contribution < 1.29 is 4.74 Å². The molecule has 1 saturated heterocycles. The maximum Gasteiger partial charge on any atom is 0.191 e. The highest BCUT2D eigenvalue weighted by Gasteiger charge is 2.19. The first-order chi connectivity index (χ1) is 13.2. The Balaban J connectivity index is 1.62. The minimum Gasteiger partial charge on any atom is -0.381 e. The molecule has 0 radical (unpaired) electrons. The molecule has 0 aliphatic carbocycles. The number of thiophene rings is 1. The molecule has 154 valence electrons. The summed E-state index contributed by atoms with van der Waals surface area (Å²) < 4.78 is 5.64. The molecule has 1 aliphatic heterocycles. The highest BCUT2D eigenvalue weighted by molar-refractivity contribution is 7.09. The lowest BCUT2D eigenvalue weighted by Crippen LogP contribution is -2.39. The summed E-state index contributed by atoms with van der Waals surface area (Å²) in [4.78, 5) is 8.87. The first-order valence-corrected chi connectivity index (χ1v) is 11.4. The number of piperidine rings is 1. The molecule has 0 amide bonds. The fraction of sp³-hybridized carbons (Fsp3) is 0.762. The number of ether oxygens (including phenoxy) is 1. The van der Waals surface area contributed by atoms with Gasteiger partial charge in [-0.15, -0.1) is 11.3 Å². The molecular weight excluding hydrogens is 356 g/mol. The largest absolute Gasteiger partial charge is 0.381 e. The van der Waals surface area contributed by atoms with Crippen molar-refractivity contribution in [2.24, 2.45) is 16.8 Å². The van der Waals surface area contributed by atoms with Gasteiger partial charge in [-0.05, 0) is 62.6 Å². The van der Waals surface area contributed by atoms with Gasteiger partial charge in [0.25, 0.3) is 0 Å². The van der Waals surface area contributed by atoms with E-state index in [1.54, 1.807) is 0 Å². The average molecular weight is 395 g/mol. The van der Waals surface area contributed by atoms with E-state index in [1.165, 1.54) is 30.8 Å². The van der Waals surface area contributed by atoms with Gasteiger partial charge in [0.2, 0.25) is 0 Å². The molecule has 0 aromatic carbocycles. The van der Waals surface area contributed by atoms with Crippen molar-refractivity contribution >= 4 is 17.3 Å². The number of rotatable bonds is 11. The normalized spacial score (nSPS) is 16.8. The monoisotopic (exact) mass is 394 g/mol. The Kier molecular flexibility index (Phi) is 10.8. The van der Waals surface area contributed by atoms with Gasteiger partial charge in [-0.25, -0.2) is 0 Å². The number of hydrogen-bond donors (Lipinski definition) is 2. The molecule has 2 rings (SSSR count). The summed E-state index contributed by atoms with van der Waals surface area (Å²) in [6, 6.07) is 4.39. The molecule has 1 aromatic rings. The van der Waals surface area contributed by atoms with Crippen LogP contribution in [0.2, 0.25) is 0 Å². The van der Waals surface area contributed by atoms with Gasteiger partial charge < -0.3 is 15.4 Å². The fourth-order valence-electron chi connectivity index (χ4n) is 3.21. The van der Waals surface area contributed by atoms with E-state index in [-0.39, 0.29) is 0 Å². The first-order valence-electron chi connectivity index (χ1n) is 10.5. The van der Waals surface area contributed by atoms with Gasteiger partial charge in [-0.1, -0.05) is 19.9 Å². The van der Waals surface area contributed by atoms with Crippen LogP contribution in [0.3, 0.4) is 0 Å². The Morgan fingerprint density at radius 2 is 2.15 bits per heavy atom. The van der Waals surface area contributed by atoms with E-state index in [0.717, 1.165) is 51.8 Å². The smallest absolute Gasteiger partial charge is 0.191 e. The molecule has 6 heteroatoms. The number of aliphatic imine (C=N–C) groups is 1. The third-order valence-electron chi connectivity index (χ3n) is 4.73. The quantitative estimate of drug-likeness (QED) is 0.342. The average Bonchev–Trinajstić information content (AvgIpc) is 3.16. The molecule has 0 spiro atoms. The summed E-state index contributed by atoms with van der Waals surface area (Å²) >= 11 is 1.86. The molecule has 2 heterocycles. The highest BCUT2D eigenvalue weighted by atomic mass is 32.1. The summed E-state index contributed by atoms with van der Waals surface area (Å²) in [6.07, 6.45) is 3.51. The zero-order valence-corrected chi connectivity index (χ0v) is 18.2. The predicted molar refractivity (Wildman–Crippen MR) is 117 cm³/mol. The zero-order chi connectivity index (χ0) is 19.3. The van der Waals surface area contributed by atoms with Gasteiger partial charge in [0.05, 0.1) is 0 Å². The standard InChI is InChI=1S/C21H38N4OS/c1-4-22-21(23-10-6-13-26-17-18(2)3)24-15-19-8-11-25(12-9-19)16-20-7-5-14-27-20/h5,7,14,18-19H,4,6,8-13,15-17H2,1-3H3,(H2,22,23,24). The fourth-order valence-corrected chi connectivity index (χ4v) is 3.96. The highest BCUT2D eigenvalue weighted by Crippen LogP contribution is 2.20. The van der Waals surface area contributed by atoms with E-state index in [2.05, 4.69) is 53.8 Å². The predicted octanol–water partition coefficient (Wildman–Crippen LogP) is 3.58. The van der Waals surface area contributed by atoms with Crippen LogP contribution in [0.5, 0.6) is 0 Å². The van der Waals surface area contributed by atoms with Crippen molar-refractivity contribution in [1.82, 2.24) is 15.5 Å². The molecular formula is C21H38N4OS. The van der Waals surface area contributed by atoms with Crippen LogP contribution in [0.15, 0.2) is 22.5 Å². The molecule has 0 saturated carbocycles. The molecule has 27 heavy (non-hydrogen) atoms. The van der Waals surface area contributed by atoms with Crippen molar-refractivity contribution in [1.29, 1.82) is 0 Å². The van der Waals surface area contributed by atoms with Crippen LogP contribution >= 0.6 is 11.3 Å². The van der Waals surface area contributed by atoms with Crippen LogP contribution in [0.1, 0.15) is 44.9 Å². The minimum absolute atomic E-state index is 0.605. The van der Waals surface area contributed by atoms with E-state index in [0.29, 0.717) is 11.8 Å². The molecule has 1 aromatic heterocycles. The van der Waals surface area contributed by atoms with Crippen LogP contribution in [-0.4, -0.2) is 56.8 Å². The van der Waals surface area contributed by atoms with Gasteiger partial charge in [0, 0.05) is 44.3 Å². The topological polar surface area (TPSA) is 48.9 Å².